The molecule has 3 aromatic carbocycles. The van der Waals surface area contributed by atoms with E-state index in [4.69, 9.17) is 0 Å². The largest absolute Gasteiger partial charge is 0.348 e. The molecule has 5 nitrogen and oxygen atoms in total. The molecule has 0 unspecified atom stereocenters. The molecule has 0 saturated carbocycles. The number of carbonyl (C=O) groups is 2. The zero-order valence-corrected chi connectivity index (χ0v) is 15.5. The Morgan fingerprint density at radius 3 is 2.04 bits per heavy atom. The van der Waals surface area contributed by atoms with Gasteiger partial charge < -0.3 is 16.0 Å². The normalized spacial score (nSPS) is 10.3. The smallest absolute Gasteiger partial charge is 0.251 e. The highest BCUT2D eigenvalue weighted by Crippen LogP contribution is 2.11. The molecule has 0 saturated heterocycles. The van der Waals surface area contributed by atoms with Crippen LogP contribution in [-0.4, -0.2) is 18.4 Å². The lowest BCUT2D eigenvalue weighted by molar-refractivity contribution is -0.115. The molecule has 0 radical (unpaired) electrons. The minimum Gasteiger partial charge on any atom is -0.348 e. The SMILES string of the molecule is O=C(CNCc1ccccc1)Nc1cccc(C(=O)NCc2ccccc2)c1. The van der Waals surface area contributed by atoms with E-state index in [1.165, 1.54) is 0 Å². The lowest BCUT2D eigenvalue weighted by Gasteiger charge is -2.09. The quantitative estimate of drug-likeness (QED) is 0.567. The van der Waals surface area contributed by atoms with Crippen molar-refractivity contribution in [3.63, 3.8) is 0 Å². The van der Waals surface area contributed by atoms with Crippen molar-refractivity contribution in [2.45, 2.75) is 13.1 Å². The first-order valence-electron chi connectivity index (χ1n) is 9.17. The van der Waals surface area contributed by atoms with Gasteiger partial charge in [-0.1, -0.05) is 66.7 Å². The first-order chi connectivity index (χ1) is 13.7. The number of hydrogen-bond acceptors (Lipinski definition) is 3. The molecule has 2 amide bonds. The van der Waals surface area contributed by atoms with E-state index in [-0.39, 0.29) is 18.4 Å². The van der Waals surface area contributed by atoms with E-state index >= 15 is 0 Å². The first-order valence-corrected chi connectivity index (χ1v) is 9.17. The third-order valence-corrected chi connectivity index (χ3v) is 4.16. The van der Waals surface area contributed by atoms with E-state index in [9.17, 15) is 9.59 Å². The molecule has 0 spiro atoms. The summed E-state index contributed by atoms with van der Waals surface area (Å²) in [5.74, 6) is -0.333. The lowest BCUT2D eigenvalue weighted by atomic mass is 10.1. The van der Waals surface area contributed by atoms with Crippen LogP contribution in [0.3, 0.4) is 0 Å². The van der Waals surface area contributed by atoms with Crippen LogP contribution < -0.4 is 16.0 Å². The first kappa shape index (κ1) is 19.3. The Hall–Kier alpha value is -3.44. The summed E-state index contributed by atoms with van der Waals surface area (Å²) in [6, 6.07) is 26.5. The molecule has 0 aliphatic rings. The number of benzene rings is 3. The summed E-state index contributed by atoms with van der Waals surface area (Å²) >= 11 is 0. The highest BCUT2D eigenvalue weighted by molar-refractivity contribution is 5.97. The van der Waals surface area contributed by atoms with Crippen molar-refractivity contribution < 1.29 is 9.59 Å². The van der Waals surface area contributed by atoms with Crippen molar-refractivity contribution in [3.8, 4) is 0 Å². The molecular weight excluding hydrogens is 350 g/mol. The van der Waals surface area contributed by atoms with Crippen LogP contribution in [0.5, 0.6) is 0 Å². The van der Waals surface area contributed by atoms with Crippen molar-refractivity contribution in [1.29, 1.82) is 0 Å². The fourth-order valence-corrected chi connectivity index (χ4v) is 2.74. The molecule has 142 valence electrons. The summed E-state index contributed by atoms with van der Waals surface area (Å²) in [5.41, 5.74) is 3.25. The lowest BCUT2D eigenvalue weighted by Crippen LogP contribution is -2.28. The molecule has 0 atom stereocenters. The maximum Gasteiger partial charge on any atom is 0.251 e. The van der Waals surface area contributed by atoms with Gasteiger partial charge in [-0.3, -0.25) is 9.59 Å². The van der Waals surface area contributed by atoms with Crippen LogP contribution >= 0.6 is 0 Å². The number of nitrogens with one attached hydrogen (secondary N) is 3. The average Bonchev–Trinajstić information content (AvgIpc) is 2.74. The fraction of sp³-hybridized carbons (Fsp3) is 0.130. The molecule has 0 bridgehead atoms. The van der Waals surface area contributed by atoms with Gasteiger partial charge in [-0.15, -0.1) is 0 Å². The zero-order valence-electron chi connectivity index (χ0n) is 15.5. The van der Waals surface area contributed by atoms with Crippen LogP contribution in [0.4, 0.5) is 5.69 Å². The minimum absolute atomic E-state index is 0.155. The Balaban J connectivity index is 1.48. The maximum absolute atomic E-state index is 12.3. The van der Waals surface area contributed by atoms with Crippen LogP contribution in [0.1, 0.15) is 21.5 Å². The summed E-state index contributed by atoms with van der Waals surface area (Å²) < 4.78 is 0. The number of amides is 2. The maximum atomic E-state index is 12.3. The zero-order chi connectivity index (χ0) is 19.6. The van der Waals surface area contributed by atoms with Crippen molar-refractivity contribution >= 4 is 17.5 Å². The van der Waals surface area contributed by atoms with Gasteiger partial charge in [0.25, 0.3) is 5.91 Å². The minimum atomic E-state index is -0.179. The van der Waals surface area contributed by atoms with E-state index in [1.54, 1.807) is 24.3 Å². The highest BCUT2D eigenvalue weighted by Gasteiger charge is 2.08. The molecule has 0 fully saturated rings. The van der Waals surface area contributed by atoms with Gasteiger partial charge >= 0.3 is 0 Å². The monoisotopic (exact) mass is 373 g/mol. The molecule has 3 N–H and O–H groups in total. The summed E-state index contributed by atoms with van der Waals surface area (Å²) in [7, 11) is 0. The third kappa shape index (κ3) is 6.07. The van der Waals surface area contributed by atoms with Crippen LogP contribution in [-0.2, 0) is 17.9 Å². The number of carbonyl (C=O) groups excluding carboxylic acids is 2. The van der Waals surface area contributed by atoms with Crippen LogP contribution in [0.15, 0.2) is 84.9 Å². The summed E-state index contributed by atoms with van der Waals surface area (Å²) in [6.07, 6.45) is 0. The van der Waals surface area contributed by atoms with E-state index in [1.807, 2.05) is 60.7 Å². The van der Waals surface area contributed by atoms with Crippen molar-refractivity contribution in [3.05, 3.63) is 102 Å². The summed E-state index contributed by atoms with van der Waals surface area (Å²) in [6.45, 7) is 1.27. The van der Waals surface area contributed by atoms with Gasteiger partial charge in [-0.05, 0) is 29.3 Å². The molecule has 3 aromatic rings. The Labute approximate surface area is 164 Å². The Bertz CT molecular complexity index is 911. The second-order valence-electron chi connectivity index (χ2n) is 6.39. The van der Waals surface area contributed by atoms with Gasteiger partial charge in [0.1, 0.15) is 0 Å². The van der Waals surface area contributed by atoms with E-state index < -0.39 is 0 Å². The van der Waals surface area contributed by atoms with Gasteiger partial charge in [0.05, 0.1) is 6.54 Å². The fourth-order valence-electron chi connectivity index (χ4n) is 2.74. The average molecular weight is 373 g/mol. The van der Waals surface area contributed by atoms with Gasteiger partial charge in [0.2, 0.25) is 5.91 Å². The molecule has 0 aliphatic heterocycles. The Morgan fingerprint density at radius 1 is 0.714 bits per heavy atom. The van der Waals surface area contributed by atoms with Crippen LogP contribution in [0.2, 0.25) is 0 Å². The third-order valence-electron chi connectivity index (χ3n) is 4.16. The van der Waals surface area contributed by atoms with Crippen molar-refractivity contribution in [1.82, 2.24) is 10.6 Å². The predicted molar refractivity (Wildman–Crippen MR) is 111 cm³/mol. The predicted octanol–water partition coefficient (Wildman–Crippen LogP) is 3.34. The van der Waals surface area contributed by atoms with Crippen molar-refractivity contribution in [2.75, 3.05) is 11.9 Å². The summed E-state index contributed by atoms with van der Waals surface area (Å²) in [4.78, 5) is 24.5. The molecule has 0 aromatic heterocycles. The van der Waals surface area contributed by atoms with Gasteiger partial charge in [0, 0.05) is 24.3 Å². The molecule has 5 heteroatoms. The molecule has 28 heavy (non-hydrogen) atoms. The number of rotatable bonds is 8. The second kappa shape index (κ2) is 10.0. The Morgan fingerprint density at radius 2 is 1.36 bits per heavy atom. The van der Waals surface area contributed by atoms with E-state index in [0.29, 0.717) is 24.3 Å². The van der Waals surface area contributed by atoms with Gasteiger partial charge in [0.15, 0.2) is 0 Å². The molecular formula is C23H23N3O2. The highest BCUT2D eigenvalue weighted by atomic mass is 16.2. The van der Waals surface area contributed by atoms with Crippen LogP contribution in [0, 0.1) is 0 Å². The van der Waals surface area contributed by atoms with Gasteiger partial charge in [-0.25, -0.2) is 0 Å². The molecule has 0 heterocycles. The van der Waals surface area contributed by atoms with Crippen molar-refractivity contribution in [2.24, 2.45) is 0 Å². The number of anilines is 1. The molecule has 0 aliphatic carbocycles. The number of hydrogen-bond donors (Lipinski definition) is 3. The summed E-state index contributed by atoms with van der Waals surface area (Å²) in [5, 5.41) is 8.81. The van der Waals surface area contributed by atoms with Crippen LogP contribution in [0.25, 0.3) is 0 Å². The Kier molecular flexibility index (Phi) is 6.93. The van der Waals surface area contributed by atoms with Gasteiger partial charge in [-0.2, -0.15) is 0 Å². The standard InChI is InChI=1S/C23H23N3O2/c27-22(17-24-15-18-8-3-1-4-9-18)26-21-13-7-12-20(14-21)23(28)25-16-19-10-5-2-6-11-19/h1-14,24H,15-17H2,(H,25,28)(H,26,27). The second-order valence-corrected chi connectivity index (χ2v) is 6.39. The molecule has 3 rings (SSSR count). The van der Waals surface area contributed by atoms with E-state index in [2.05, 4.69) is 16.0 Å². The van der Waals surface area contributed by atoms with E-state index in [0.717, 1.165) is 11.1 Å². The topological polar surface area (TPSA) is 70.2 Å².